The van der Waals surface area contributed by atoms with Crippen molar-refractivity contribution in [3.05, 3.63) is 83.9 Å². The third-order valence-electron chi connectivity index (χ3n) is 5.73. The number of piperidine rings is 1. The number of nitrogens with one attached hydrogen (secondary N) is 1. The zero-order valence-electron chi connectivity index (χ0n) is 16.5. The van der Waals surface area contributed by atoms with Crippen molar-refractivity contribution in [3.63, 3.8) is 0 Å². The number of benzene rings is 3. The Morgan fingerprint density at radius 2 is 1.55 bits per heavy atom. The highest BCUT2D eigenvalue weighted by atomic mass is 16.2. The average Bonchev–Trinajstić information content (AvgIpc) is 2.79. The summed E-state index contributed by atoms with van der Waals surface area (Å²) in [6, 6.07) is 24.0. The minimum absolute atomic E-state index is 0.0117. The number of carbonyl (C=O) groups excluding carboxylic acids is 2. The van der Waals surface area contributed by atoms with Crippen molar-refractivity contribution in [2.45, 2.75) is 19.3 Å². The largest absolute Gasteiger partial charge is 0.356 e. The van der Waals surface area contributed by atoms with Gasteiger partial charge in [-0.3, -0.25) is 9.59 Å². The molecule has 0 bridgehead atoms. The van der Waals surface area contributed by atoms with Crippen molar-refractivity contribution in [1.82, 2.24) is 10.2 Å². The van der Waals surface area contributed by atoms with E-state index in [0.717, 1.165) is 22.8 Å². The van der Waals surface area contributed by atoms with Crippen molar-refractivity contribution >= 4 is 22.6 Å². The topological polar surface area (TPSA) is 49.4 Å². The molecule has 0 spiro atoms. The molecule has 148 valence electrons. The third-order valence-corrected chi connectivity index (χ3v) is 5.73. The smallest absolute Gasteiger partial charge is 0.254 e. The number of fused-ring (bicyclic) bond motifs is 1. The number of rotatable bonds is 5. The molecule has 0 radical (unpaired) electrons. The standard InChI is InChI=1S/C25H26N2O2/c28-24(26-16-13-19-7-2-1-3-8-19)21-14-17-27(18-15-21)25(29)23-12-6-10-20-9-4-5-11-22(20)23/h1-12,21H,13-18H2,(H,26,28). The van der Waals surface area contributed by atoms with Crippen LogP contribution in [0, 0.1) is 5.92 Å². The molecular formula is C25H26N2O2. The molecule has 1 aliphatic rings. The van der Waals surface area contributed by atoms with Crippen LogP contribution < -0.4 is 5.32 Å². The van der Waals surface area contributed by atoms with E-state index in [1.807, 2.05) is 65.6 Å². The van der Waals surface area contributed by atoms with Crippen LogP contribution in [0.1, 0.15) is 28.8 Å². The van der Waals surface area contributed by atoms with Crippen molar-refractivity contribution in [2.24, 2.45) is 5.92 Å². The van der Waals surface area contributed by atoms with Gasteiger partial charge in [-0.15, -0.1) is 0 Å². The molecule has 1 N–H and O–H groups in total. The van der Waals surface area contributed by atoms with Crippen LogP contribution in [-0.2, 0) is 11.2 Å². The fourth-order valence-electron chi connectivity index (χ4n) is 4.05. The van der Waals surface area contributed by atoms with Gasteiger partial charge in [0.25, 0.3) is 5.91 Å². The maximum absolute atomic E-state index is 13.0. The number of likely N-dealkylation sites (tertiary alicyclic amines) is 1. The Morgan fingerprint density at radius 3 is 2.34 bits per heavy atom. The molecule has 0 atom stereocenters. The molecule has 3 aromatic rings. The molecule has 4 heteroatoms. The zero-order chi connectivity index (χ0) is 20.1. The van der Waals surface area contributed by atoms with Crippen LogP contribution in [0.3, 0.4) is 0 Å². The van der Waals surface area contributed by atoms with Gasteiger partial charge in [0.1, 0.15) is 0 Å². The lowest BCUT2D eigenvalue weighted by Gasteiger charge is -2.31. The second-order valence-corrected chi connectivity index (χ2v) is 7.62. The Bertz CT molecular complexity index is 987. The van der Waals surface area contributed by atoms with Crippen LogP contribution in [0.2, 0.25) is 0 Å². The summed E-state index contributed by atoms with van der Waals surface area (Å²) >= 11 is 0. The minimum Gasteiger partial charge on any atom is -0.356 e. The molecule has 1 heterocycles. The number of nitrogens with zero attached hydrogens (tertiary/aromatic N) is 1. The fourth-order valence-corrected chi connectivity index (χ4v) is 4.05. The monoisotopic (exact) mass is 386 g/mol. The molecule has 4 nitrogen and oxygen atoms in total. The summed E-state index contributed by atoms with van der Waals surface area (Å²) in [7, 11) is 0. The highest BCUT2D eigenvalue weighted by molar-refractivity contribution is 6.07. The average molecular weight is 386 g/mol. The normalized spacial score (nSPS) is 14.7. The maximum atomic E-state index is 13.0. The summed E-state index contributed by atoms with van der Waals surface area (Å²) in [5, 5.41) is 5.12. The third kappa shape index (κ3) is 4.48. The van der Waals surface area contributed by atoms with Gasteiger partial charge in [-0.05, 0) is 41.7 Å². The molecule has 4 rings (SSSR count). The van der Waals surface area contributed by atoms with E-state index in [4.69, 9.17) is 0 Å². The Labute approximate surface area is 171 Å². The number of carbonyl (C=O) groups is 2. The molecule has 0 aromatic heterocycles. The highest BCUT2D eigenvalue weighted by Gasteiger charge is 2.28. The van der Waals surface area contributed by atoms with Gasteiger partial charge in [0.2, 0.25) is 5.91 Å². The number of hydrogen-bond acceptors (Lipinski definition) is 2. The Hall–Kier alpha value is -3.14. The van der Waals surface area contributed by atoms with Crippen molar-refractivity contribution in [3.8, 4) is 0 Å². The van der Waals surface area contributed by atoms with Crippen molar-refractivity contribution in [1.29, 1.82) is 0 Å². The molecule has 29 heavy (non-hydrogen) atoms. The predicted molar refractivity (Wildman–Crippen MR) is 116 cm³/mol. The van der Waals surface area contributed by atoms with E-state index in [1.165, 1.54) is 5.56 Å². The first kappa shape index (κ1) is 19.2. The second kappa shape index (κ2) is 8.91. The first-order valence-electron chi connectivity index (χ1n) is 10.3. The molecule has 2 amide bonds. The van der Waals surface area contributed by atoms with Gasteiger partial charge in [0.15, 0.2) is 0 Å². The lowest BCUT2D eigenvalue weighted by molar-refractivity contribution is -0.126. The van der Waals surface area contributed by atoms with Gasteiger partial charge in [-0.1, -0.05) is 66.7 Å². The van der Waals surface area contributed by atoms with E-state index in [1.54, 1.807) is 0 Å². The molecule has 0 aliphatic carbocycles. The van der Waals surface area contributed by atoms with Crippen LogP contribution in [0.4, 0.5) is 0 Å². The SMILES string of the molecule is O=C(NCCc1ccccc1)C1CCN(C(=O)c2cccc3ccccc23)CC1. The van der Waals surface area contributed by atoms with Gasteiger partial charge in [0.05, 0.1) is 0 Å². The van der Waals surface area contributed by atoms with Gasteiger partial charge in [-0.2, -0.15) is 0 Å². The number of hydrogen-bond donors (Lipinski definition) is 1. The minimum atomic E-state index is -0.0117. The van der Waals surface area contributed by atoms with Crippen LogP contribution in [0.25, 0.3) is 10.8 Å². The molecule has 1 saturated heterocycles. The molecule has 1 fully saturated rings. The lowest BCUT2D eigenvalue weighted by atomic mass is 9.94. The number of amides is 2. The first-order valence-corrected chi connectivity index (χ1v) is 10.3. The quantitative estimate of drug-likeness (QED) is 0.719. The summed E-state index contributed by atoms with van der Waals surface area (Å²) in [6.45, 7) is 1.90. The summed E-state index contributed by atoms with van der Waals surface area (Å²) in [5.41, 5.74) is 1.97. The Kier molecular flexibility index (Phi) is 5.89. The lowest BCUT2D eigenvalue weighted by Crippen LogP contribution is -2.43. The van der Waals surface area contributed by atoms with E-state index in [2.05, 4.69) is 17.4 Å². The molecule has 1 aliphatic heterocycles. The van der Waals surface area contributed by atoms with E-state index in [9.17, 15) is 9.59 Å². The first-order chi connectivity index (χ1) is 14.2. The van der Waals surface area contributed by atoms with Gasteiger partial charge in [-0.25, -0.2) is 0 Å². The summed E-state index contributed by atoms with van der Waals surface area (Å²) in [4.78, 5) is 27.4. The molecular weight excluding hydrogens is 360 g/mol. The highest BCUT2D eigenvalue weighted by Crippen LogP contribution is 2.23. The van der Waals surface area contributed by atoms with Gasteiger partial charge >= 0.3 is 0 Å². The van der Waals surface area contributed by atoms with Crippen LogP contribution in [0.15, 0.2) is 72.8 Å². The van der Waals surface area contributed by atoms with Crippen LogP contribution in [-0.4, -0.2) is 36.3 Å². The summed E-state index contributed by atoms with van der Waals surface area (Å²) < 4.78 is 0. The molecule has 0 unspecified atom stereocenters. The fraction of sp³-hybridized carbons (Fsp3) is 0.280. The zero-order valence-corrected chi connectivity index (χ0v) is 16.5. The van der Waals surface area contributed by atoms with E-state index < -0.39 is 0 Å². The van der Waals surface area contributed by atoms with Crippen molar-refractivity contribution < 1.29 is 9.59 Å². The Morgan fingerprint density at radius 1 is 0.862 bits per heavy atom. The van der Waals surface area contributed by atoms with E-state index in [0.29, 0.717) is 32.5 Å². The summed E-state index contributed by atoms with van der Waals surface area (Å²) in [5.74, 6) is 0.158. The van der Waals surface area contributed by atoms with E-state index in [-0.39, 0.29) is 17.7 Å². The molecule has 3 aromatic carbocycles. The van der Waals surface area contributed by atoms with Crippen LogP contribution in [0.5, 0.6) is 0 Å². The maximum Gasteiger partial charge on any atom is 0.254 e. The van der Waals surface area contributed by atoms with Gasteiger partial charge in [0, 0.05) is 31.1 Å². The van der Waals surface area contributed by atoms with Crippen molar-refractivity contribution in [2.75, 3.05) is 19.6 Å². The summed E-state index contributed by atoms with van der Waals surface area (Å²) in [6.07, 6.45) is 2.27. The van der Waals surface area contributed by atoms with Crippen LogP contribution >= 0.6 is 0 Å². The van der Waals surface area contributed by atoms with Gasteiger partial charge < -0.3 is 10.2 Å². The van der Waals surface area contributed by atoms with E-state index >= 15 is 0 Å². The Balaban J connectivity index is 1.30. The predicted octanol–water partition coefficient (Wildman–Crippen LogP) is 4.05. The molecule has 0 saturated carbocycles. The second-order valence-electron chi connectivity index (χ2n) is 7.62.